The molecule has 1 rings (SSSR count). The third kappa shape index (κ3) is 6.66. The number of benzene rings is 1. The van der Waals surface area contributed by atoms with Gasteiger partial charge in [0.2, 0.25) is 0 Å². The molecule has 5 heteroatoms. The number of hydrogen-bond donors (Lipinski definition) is 1. The molecule has 0 spiro atoms. The molecule has 1 N–H and O–H groups in total. The van der Waals surface area contributed by atoms with Crippen molar-refractivity contribution in [1.29, 1.82) is 0 Å². The molecule has 1 atom stereocenters. The van der Waals surface area contributed by atoms with Crippen LogP contribution in [0.25, 0.3) is 0 Å². The standard InChI is InChI=1S/C15H23ClFNO2/c1-3-6-18-13(11-20-8-7-19-2)9-12-4-5-14(16)15(17)10-12/h4-5,10,13,18H,3,6-9,11H2,1-2H3. The smallest absolute Gasteiger partial charge is 0.142 e. The van der Waals surface area contributed by atoms with Gasteiger partial charge in [0.25, 0.3) is 0 Å². The Labute approximate surface area is 125 Å². The first kappa shape index (κ1) is 17.4. The van der Waals surface area contributed by atoms with E-state index in [1.54, 1.807) is 13.2 Å². The first-order valence-electron chi connectivity index (χ1n) is 6.91. The monoisotopic (exact) mass is 303 g/mol. The normalized spacial score (nSPS) is 12.6. The summed E-state index contributed by atoms with van der Waals surface area (Å²) in [7, 11) is 1.65. The summed E-state index contributed by atoms with van der Waals surface area (Å²) >= 11 is 5.69. The van der Waals surface area contributed by atoms with Crippen LogP contribution in [0.15, 0.2) is 18.2 Å². The highest BCUT2D eigenvalue weighted by molar-refractivity contribution is 6.30. The summed E-state index contributed by atoms with van der Waals surface area (Å²) in [6.45, 7) is 4.74. The summed E-state index contributed by atoms with van der Waals surface area (Å²) in [6, 6.07) is 5.08. The Hall–Kier alpha value is -0.680. The molecule has 0 fully saturated rings. The largest absolute Gasteiger partial charge is 0.382 e. The van der Waals surface area contributed by atoms with E-state index in [4.69, 9.17) is 21.1 Å². The van der Waals surface area contributed by atoms with Crippen molar-refractivity contribution in [1.82, 2.24) is 5.32 Å². The summed E-state index contributed by atoms with van der Waals surface area (Å²) in [5.41, 5.74) is 0.913. The molecule has 1 aromatic carbocycles. The van der Waals surface area contributed by atoms with Crippen LogP contribution in [0.4, 0.5) is 4.39 Å². The maximum atomic E-state index is 13.4. The first-order valence-corrected chi connectivity index (χ1v) is 7.29. The first-order chi connectivity index (χ1) is 9.67. The number of ether oxygens (including phenoxy) is 2. The summed E-state index contributed by atoms with van der Waals surface area (Å²) in [6.07, 6.45) is 1.75. The highest BCUT2D eigenvalue weighted by Gasteiger charge is 2.10. The van der Waals surface area contributed by atoms with E-state index >= 15 is 0 Å². The lowest BCUT2D eigenvalue weighted by atomic mass is 10.1. The second-order valence-corrected chi connectivity index (χ2v) is 5.08. The lowest BCUT2D eigenvalue weighted by Gasteiger charge is -2.19. The van der Waals surface area contributed by atoms with Crippen LogP contribution in [-0.2, 0) is 15.9 Å². The van der Waals surface area contributed by atoms with Crippen LogP contribution >= 0.6 is 11.6 Å². The predicted molar refractivity (Wildman–Crippen MR) is 79.9 cm³/mol. The molecule has 1 unspecified atom stereocenters. The Bertz CT molecular complexity index is 390. The van der Waals surface area contributed by atoms with Gasteiger partial charge in [-0.3, -0.25) is 0 Å². The van der Waals surface area contributed by atoms with E-state index in [0.29, 0.717) is 26.2 Å². The van der Waals surface area contributed by atoms with Crippen LogP contribution in [0.3, 0.4) is 0 Å². The minimum Gasteiger partial charge on any atom is -0.382 e. The van der Waals surface area contributed by atoms with Crippen molar-refractivity contribution in [2.45, 2.75) is 25.8 Å². The lowest BCUT2D eigenvalue weighted by molar-refractivity contribution is 0.0587. The zero-order chi connectivity index (χ0) is 14.8. The molecule has 114 valence electrons. The summed E-state index contributed by atoms with van der Waals surface area (Å²) in [5.74, 6) is -0.376. The fraction of sp³-hybridized carbons (Fsp3) is 0.600. The fourth-order valence-electron chi connectivity index (χ4n) is 1.86. The zero-order valence-corrected chi connectivity index (χ0v) is 12.9. The van der Waals surface area contributed by atoms with Crippen molar-refractivity contribution in [3.8, 4) is 0 Å². The summed E-state index contributed by atoms with van der Waals surface area (Å²) in [4.78, 5) is 0. The molecule has 0 bridgehead atoms. The van der Waals surface area contributed by atoms with Crippen molar-refractivity contribution < 1.29 is 13.9 Å². The molecule has 0 aromatic heterocycles. The van der Waals surface area contributed by atoms with Crippen LogP contribution in [0, 0.1) is 5.82 Å². The molecule has 0 aliphatic rings. The van der Waals surface area contributed by atoms with E-state index in [-0.39, 0.29) is 16.9 Å². The van der Waals surface area contributed by atoms with Gasteiger partial charge in [-0.1, -0.05) is 24.6 Å². The Morgan fingerprint density at radius 2 is 2.15 bits per heavy atom. The summed E-state index contributed by atoms with van der Waals surface area (Å²) in [5, 5.41) is 3.56. The molecule has 0 heterocycles. The lowest BCUT2D eigenvalue weighted by Crippen LogP contribution is -2.36. The van der Waals surface area contributed by atoms with Gasteiger partial charge in [-0.05, 0) is 37.1 Å². The highest BCUT2D eigenvalue weighted by Crippen LogP contribution is 2.16. The third-order valence-corrected chi connectivity index (χ3v) is 3.21. The molecule has 1 aromatic rings. The van der Waals surface area contributed by atoms with Gasteiger partial charge in [0.05, 0.1) is 24.8 Å². The van der Waals surface area contributed by atoms with Crippen molar-refractivity contribution in [2.75, 3.05) is 33.5 Å². The topological polar surface area (TPSA) is 30.5 Å². The van der Waals surface area contributed by atoms with E-state index in [1.807, 2.05) is 6.07 Å². The third-order valence-electron chi connectivity index (χ3n) is 2.90. The second-order valence-electron chi connectivity index (χ2n) is 4.67. The van der Waals surface area contributed by atoms with Gasteiger partial charge in [0, 0.05) is 13.2 Å². The maximum absolute atomic E-state index is 13.4. The maximum Gasteiger partial charge on any atom is 0.142 e. The molecule has 0 amide bonds. The Morgan fingerprint density at radius 3 is 2.80 bits per heavy atom. The molecule has 0 saturated heterocycles. The van der Waals surface area contributed by atoms with E-state index in [0.717, 1.165) is 18.5 Å². The van der Waals surface area contributed by atoms with Crippen LogP contribution < -0.4 is 5.32 Å². The van der Waals surface area contributed by atoms with Crippen molar-refractivity contribution in [3.63, 3.8) is 0 Å². The zero-order valence-electron chi connectivity index (χ0n) is 12.1. The molecule has 0 aliphatic heterocycles. The van der Waals surface area contributed by atoms with Crippen LogP contribution in [0.2, 0.25) is 5.02 Å². The van der Waals surface area contributed by atoms with Gasteiger partial charge in [-0.2, -0.15) is 0 Å². The average Bonchev–Trinajstić information content (AvgIpc) is 2.44. The molecule has 3 nitrogen and oxygen atoms in total. The SMILES string of the molecule is CCCNC(COCCOC)Cc1ccc(Cl)c(F)c1. The van der Waals surface area contributed by atoms with Gasteiger partial charge in [0.1, 0.15) is 5.82 Å². The molecular weight excluding hydrogens is 281 g/mol. The minimum atomic E-state index is -0.376. The van der Waals surface area contributed by atoms with E-state index in [2.05, 4.69) is 12.2 Å². The van der Waals surface area contributed by atoms with Gasteiger partial charge < -0.3 is 14.8 Å². The predicted octanol–water partition coefficient (Wildman–Crippen LogP) is 3.05. The van der Waals surface area contributed by atoms with Crippen molar-refractivity contribution in [2.24, 2.45) is 0 Å². The molecule has 20 heavy (non-hydrogen) atoms. The number of nitrogens with one attached hydrogen (secondary N) is 1. The van der Waals surface area contributed by atoms with Crippen LogP contribution in [0.5, 0.6) is 0 Å². The fourth-order valence-corrected chi connectivity index (χ4v) is 1.98. The molecule has 0 aliphatic carbocycles. The molecule has 0 saturated carbocycles. The van der Waals surface area contributed by atoms with Crippen LogP contribution in [0.1, 0.15) is 18.9 Å². The van der Waals surface area contributed by atoms with Crippen molar-refractivity contribution >= 4 is 11.6 Å². The Kier molecular flexibility index (Phi) is 8.78. The van der Waals surface area contributed by atoms with Gasteiger partial charge in [-0.25, -0.2) is 4.39 Å². The van der Waals surface area contributed by atoms with Crippen molar-refractivity contribution in [3.05, 3.63) is 34.6 Å². The minimum absolute atomic E-state index is 0.156. The number of halogens is 2. The Balaban J connectivity index is 2.51. The quantitative estimate of drug-likeness (QED) is 0.674. The number of rotatable bonds is 10. The van der Waals surface area contributed by atoms with Gasteiger partial charge >= 0.3 is 0 Å². The van der Waals surface area contributed by atoms with Gasteiger partial charge in [0.15, 0.2) is 0 Å². The number of methoxy groups -OCH3 is 1. The van der Waals surface area contributed by atoms with Gasteiger partial charge in [-0.15, -0.1) is 0 Å². The molecule has 0 radical (unpaired) electrons. The Morgan fingerprint density at radius 1 is 1.35 bits per heavy atom. The number of hydrogen-bond acceptors (Lipinski definition) is 3. The summed E-state index contributed by atoms with van der Waals surface area (Å²) < 4.78 is 23.9. The average molecular weight is 304 g/mol. The molecular formula is C15H23ClFNO2. The van der Waals surface area contributed by atoms with Crippen LogP contribution in [-0.4, -0.2) is 39.5 Å². The van der Waals surface area contributed by atoms with E-state index in [1.165, 1.54) is 6.07 Å². The second kappa shape index (κ2) is 10.1. The van der Waals surface area contributed by atoms with E-state index < -0.39 is 0 Å². The van der Waals surface area contributed by atoms with E-state index in [9.17, 15) is 4.39 Å². The highest BCUT2D eigenvalue weighted by atomic mass is 35.5.